The number of hydrogen-bond acceptors (Lipinski definition) is 4. The summed E-state index contributed by atoms with van der Waals surface area (Å²) in [7, 11) is 0. The summed E-state index contributed by atoms with van der Waals surface area (Å²) in [5.74, 6) is -0.495. The number of carboxylic acids is 1. The van der Waals surface area contributed by atoms with E-state index in [1.54, 1.807) is 6.20 Å². The highest BCUT2D eigenvalue weighted by molar-refractivity contribution is 9.10. The second kappa shape index (κ2) is 9.31. The minimum Gasteiger partial charge on any atom is -0.481 e. The fourth-order valence-corrected chi connectivity index (χ4v) is 4.32. The third-order valence-electron chi connectivity index (χ3n) is 5.33. The predicted octanol–water partition coefficient (Wildman–Crippen LogP) is 5.61. The van der Waals surface area contributed by atoms with Crippen molar-refractivity contribution < 1.29 is 19.4 Å². The van der Waals surface area contributed by atoms with Crippen LogP contribution >= 0.6 is 15.9 Å². The summed E-state index contributed by atoms with van der Waals surface area (Å²) in [5, 5.41) is 11.6. The number of fused-ring (bicyclic) bond motifs is 3. The van der Waals surface area contributed by atoms with Gasteiger partial charge in [-0.25, -0.2) is 9.78 Å². The number of aryl methyl sites for hydroxylation is 1. The van der Waals surface area contributed by atoms with E-state index in [2.05, 4.69) is 50.5 Å². The van der Waals surface area contributed by atoms with Gasteiger partial charge < -0.3 is 9.84 Å². The molecule has 158 valence electrons. The summed E-state index contributed by atoms with van der Waals surface area (Å²) in [6, 6.07) is 18.1. The van der Waals surface area contributed by atoms with Crippen LogP contribution in [0.1, 0.15) is 35.4 Å². The second-order valence-electron chi connectivity index (χ2n) is 7.36. The number of rotatable bonds is 7. The van der Waals surface area contributed by atoms with Crippen LogP contribution in [0.5, 0.6) is 0 Å². The minimum atomic E-state index is -0.853. The Labute approximate surface area is 188 Å². The zero-order valence-corrected chi connectivity index (χ0v) is 18.3. The Morgan fingerprint density at radius 2 is 1.71 bits per heavy atom. The number of nitrogens with one attached hydrogen (secondary N) is 1. The molecule has 4 rings (SSSR count). The number of carbonyl (C=O) groups excluding carboxylic acids is 1. The lowest BCUT2D eigenvalue weighted by molar-refractivity contribution is -0.137. The van der Waals surface area contributed by atoms with Crippen LogP contribution in [0.15, 0.2) is 65.3 Å². The van der Waals surface area contributed by atoms with E-state index in [1.165, 1.54) is 11.1 Å². The molecule has 0 aliphatic heterocycles. The molecule has 1 aromatic heterocycles. The highest BCUT2D eigenvalue weighted by atomic mass is 79.9. The number of benzene rings is 2. The molecule has 7 heteroatoms. The van der Waals surface area contributed by atoms with Gasteiger partial charge in [-0.05, 0) is 62.7 Å². The molecule has 3 aromatic rings. The van der Waals surface area contributed by atoms with E-state index in [0.717, 1.165) is 21.2 Å². The molecule has 1 aliphatic rings. The number of aliphatic carboxylic acids is 1. The van der Waals surface area contributed by atoms with E-state index in [9.17, 15) is 9.59 Å². The molecule has 2 aromatic carbocycles. The fraction of sp³-hybridized carbons (Fsp3) is 0.208. The van der Waals surface area contributed by atoms with Crippen molar-refractivity contribution in [3.8, 4) is 11.1 Å². The lowest BCUT2D eigenvalue weighted by Gasteiger charge is -2.15. The number of aromatic nitrogens is 1. The molecule has 0 atom stereocenters. The van der Waals surface area contributed by atoms with Gasteiger partial charge in [-0.2, -0.15) is 0 Å². The first-order valence-electron chi connectivity index (χ1n) is 10.0. The lowest BCUT2D eigenvalue weighted by Crippen LogP contribution is -2.19. The van der Waals surface area contributed by atoms with Crippen LogP contribution in [0.3, 0.4) is 0 Å². The summed E-state index contributed by atoms with van der Waals surface area (Å²) in [6.07, 6.45) is 1.98. The number of hydrogen-bond donors (Lipinski definition) is 2. The standard InChI is InChI=1S/C24H21BrN2O4/c25-16-12-15(6-5-11-22(28)29)23(26-13-16)27-24(30)31-14-21-19-9-3-1-7-17(19)18-8-2-4-10-20(18)21/h1-4,7-10,12-13,21H,5-6,11,14H2,(H,28,29)(H,26,27,30). The minimum absolute atomic E-state index is 0.0222. The Kier molecular flexibility index (Phi) is 6.32. The largest absolute Gasteiger partial charge is 0.481 e. The Balaban J connectivity index is 1.44. The highest BCUT2D eigenvalue weighted by Crippen LogP contribution is 2.44. The number of nitrogens with zero attached hydrogens (tertiary/aromatic N) is 1. The molecule has 0 bridgehead atoms. The van der Waals surface area contributed by atoms with Crippen LogP contribution in [-0.2, 0) is 16.0 Å². The summed E-state index contributed by atoms with van der Waals surface area (Å²) in [5.41, 5.74) is 5.38. The molecule has 1 amide bonds. The molecule has 1 heterocycles. The van der Waals surface area contributed by atoms with Gasteiger partial charge in [0.1, 0.15) is 12.4 Å². The molecule has 0 saturated carbocycles. The topological polar surface area (TPSA) is 88.5 Å². The van der Waals surface area contributed by atoms with Crippen molar-refractivity contribution in [1.82, 2.24) is 4.98 Å². The smallest absolute Gasteiger partial charge is 0.412 e. The summed E-state index contributed by atoms with van der Waals surface area (Å²) in [6.45, 7) is 0.213. The van der Waals surface area contributed by atoms with Gasteiger partial charge in [0, 0.05) is 23.0 Å². The first-order valence-corrected chi connectivity index (χ1v) is 10.8. The number of carbonyl (C=O) groups is 2. The van der Waals surface area contributed by atoms with E-state index < -0.39 is 12.1 Å². The predicted molar refractivity (Wildman–Crippen MR) is 121 cm³/mol. The number of amides is 1. The second-order valence-corrected chi connectivity index (χ2v) is 8.27. The lowest BCUT2D eigenvalue weighted by atomic mass is 9.98. The summed E-state index contributed by atoms with van der Waals surface area (Å²) < 4.78 is 6.34. The van der Waals surface area contributed by atoms with Crippen LogP contribution in [0.2, 0.25) is 0 Å². The average molecular weight is 481 g/mol. The van der Waals surface area contributed by atoms with Crippen molar-refractivity contribution in [2.45, 2.75) is 25.2 Å². The maximum Gasteiger partial charge on any atom is 0.412 e. The molecule has 0 saturated heterocycles. The summed E-state index contributed by atoms with van der Waals surface area (Å²) >= 11 is 3.37. The Bertz CT molecular complexity index is 1090. The third kappa shape index (κ3) is 4.77. The molecule has 1 aliphatic carbocycles. The quantitative estimate of drug-likeness (QED) is 0.458. The molecule has 0 unspecified atom stereocenters. The van der Waals surface area contributed by atoms with E-state index in [0.29, 0.717) is 18.7 Å². The maximum atomic E-state index is 12.5. The van der Waals surface area contributed by atoms with Gasteiger partial charge >= 0.3 is 12.1 Å². The molecular weight excluding hydrogens is 460 g/mol. The molecule has 0 spiro atoms. The van der Waals surface area contributed by atoms with Crippen molar-refractivity contribution in [2.75, 3.05) is 11.9 Å². The SMILES string of the molecule is O=C(O)CCCc1cc(Br)cnc1NC(=O)OCC1c2ccccc2-c2ccccc21. The molecular formula is C24H21BrN2O4. The van der Waals surface area contributed by atoms with Gasteiger partial charge in [-0.1, -0.05) is 48.5 Å². The number of ether oxygens (including phenoxy) is 1. The normalized spacial score (nSPS) is 12.2. The number of pyridine rings is 1. The van der Waals surface area contributed by atoms with Gasteiger partial charge in [0.15, 0.2) is 0 Å². The average Bonchev–Trinajstić information content (AvgIpc) is 3.08. The Hall–Kier alpha value is -3.19. The molecule has 0 radical (unpaired) electrons. The van der Waals surface area contributed by atoms with Crippen LogP contribution < -0.4 is 5.32 Å². The number of anilines is 1. The van der Waals surface area contributed by atoms with Gasteiger partial charge in [0.2, 0.25) is 0 Å². The van der Waals surface area contributed by atoms with E-state index in [4.69, 9.17) is 9.84 Å². The maximum absolute atomic E-state index is 12.5. The first-order chi connectivity index (χ1) is 15.0. The van der Waals surface area contributed by atoms with Crippen molar-refractivity contribution >= 4 is 33.8 Å². The van der Waals surface area contributed by atoms with E-state index in [-0.39, 0.29) is 18.9 Å². The molecule has 0 fully saturated rings. The van der Waals surface area contributed by atoms with Gasteiger partial charge in [0.05, 0.1) is 0 Å². The Morgan fingerprint density at radius 1 is 1.06 bits per heavy atom. The zero-order valence-electron chi connectivity index (χ0n) is 16.7. The van der Waals surface area contributed by atoms with Crippen LogP contribution in [0.4, 0.5) is 10.6 Å². The molecule has 2 N–H and O–H groups in total. The summed E-state index contributed by atoms with van der Waals surface area (Å²) in [4.78, 5) is 27.6. The van der Waals surface area contributed by atoms with Crippen LogP contribution in [0.25, 0.3) is 11.1 Å². The van der Waals surface area contributed by atoms with Gasteiger partial charge in [-0.15, -0.1) is 0 Å². The van der Waals surface area contributed by atoms with Crippen molar-refractivity contribution in [2.24, 2.45) is 0 Å². The highest BCUT2D eigenvalue weighted by Gasteiger charge is 2.29. The molecule has 31 heavy (non-hydrogen) atoms. The zero-order chi connectivity index (χ0) is 21.8. The van der Waals surface area contributed by atoms with Crippen molar-refractivity contribution in [1.29, 1.82) is 0 Å². The number of carboxylic acid groups (broad SMARTS) is 1. The first kappa shape index (κ1) is 21.1. The van der Waals surface area contributed by atoms with Gasteiger partial charge in [-0.3, -0.25) is 10.1 Å². The molecule has 6 nitrogen and oxygen atoms in total. The van der Waals surface area contributed by atoms with Crippen LogP contribution in [0, 0.1) is 0 Å². The van der Waals surface area contributed by atoms with Crippen molar-refractivity contribution in [3.63, 3.8) is 0 Å². The van der Waals surface area contributed by atoms with Crippen molar-refractivity contribution in [3.05, 3.63) is 82.0 Å². The van der Waals surface area contributed by atoms with Gasteiger partial charge in [0.25, 0.3) is 0 Å². The fourth-order valence-electron chi connectivity index (χ4n) is 3.95. The van der Waals surface area contributed by atoms with Crippen LogP contribution in [-0.4, -0.2) is 28.8 Å². The van der Waals surface area contributed by atoms with E-state index in [1.807, 2.05) is 30.3 Å². The monoisotopic (exact) mass is 480 g/mol. The number of halogens is 1. The van der Waals surface area contributed by atoms with E-state index >= 15 is 0 Å². The third-order valence-corrected chi connectivity index (χ3v) is 5.77. The Morgan fingerprint density at radius 3 is 2.35 bits per heavy atom.